The molecule has 1 aliphatic rings. The molecule has 1 aliphatic heterocycles. The summed E-state index contributed by atoms with van der Waals surface area (Å²) in [6.45, 7) is 1.37. The Labute approximate surface area is 175 Å². The van der Waals surface area contributed by atoms with Crippen LogP contribution in [0.5, 0.6) is 0 Å². The van der Waals surface area contributed by atoms with E-state index in [4.69, 9.17) is 16.3 Å². The Morgan fingerprint density at radius 2 is 1.62 bits per heavy atom. The van der Waals surface area contributed by atoms with Gasteiger partial charge in [-0.15, -0.1) is 0 Å². The second kappa shape index (κ2) is 8.66. The molecule has 4 rings (SSSR count). The van der Waals surface area contributed by atoms with E-state index in [9.17, 15) is 9.59 Å². The summed E-state index contributed by atoms with van der Waals surface area (Å²) < 4.78 is 5.61. The number of carbonyl (C=O) groups is 2. The van der Waals surface area contributed by atoms with Crippen molar-refractivity contribution >= 4 is 34.2 Å². The van der Waals surface area contributed by atoms with Gasteiger partial charge in [0.15, 0.2) is 0 Å². The van der Waals surface area contributed by atoms with Crippen LogP contribution >= 0.6 is 11.6 Å². The molecule has 1 amide bonds. The average Bonchev–Trinajstić information content (AvgIpc) is 2.77. The zero-order chi connectivity index (χ0) is 20.2. The number of fused-ring (bicyclic) bond motifs is 1. The second-order valence-electron chi connectivity index (χ2n) is 7.32. The number of amides is 1. The van der Waals surface area contributed by atoms with E-state index in [0.29, 0.717) is 36.5 Å². The van der Waals surface area contributed by atoms with Crippen molar-refractivity contribution < 1.29 is 14.3 Å². The van der Waals surface area contributed by atoms with Gasteiger partial charge in [-0.25, -0.2) is 0 Å². The minimum Gasteiger partial charge on any atom is -0.461 e. The Hall–Kier alpha value is -2.85. The minimum atomic E-state index is -0.184. The summed E-state index contributed by atoms with van der Waals surface area (Å²) in [5, 5.41) is 2.84. The summed E-state index contributed by atoms with van der Waals surface area (Å²) in [5.41, 5.74) is 1.62. The normalized spacial score (nSPS) is 14.7. The molecule has 148 valence electrons. The number of likely N-dealkylation sites (tertiary alicyclic amines) is 1. The van der Waals surface area contributed by atoms with Crippen molar-refractivity contribution in [3.05, 3.63) is 82.9 Å². The van der Waals surface area contributed by atoms with Crippen molar-refractivity contribution in [2.75, 3.05) is 13.1 Å². The molecule has 0 aliphatic carbocycles. The van der Waals surface area contributed by atoms with Gasteiger partial charge < -0.3 is 9.64 Å². The molecule has 29 heavy (non-hydrogen) atoms. The first-order valence-electron chi connectivity index (χ1n) is 9.80. The number of hydrogen-bond donors (Lipinski definition) is 0. The number of esters is 1. The number of nitrogens with zero attached hydrogens (tertiary/aromatic N) is 1. The van der Waals surface area contributed by atoms with Gasteiger partial charge in [0, 0.05) is 23.7 Å². The zero-order valence-electron chi connectivity index (χ0n) is 16.0. The lowest BCUT2D eigenvalue weighted by molar-refractivity contribution is -0.151. The quantitative estimate of drug-likeness (QED) is 0.566. The van der Waals surface area contributed by atoms with Gasteiger partial charge >= 0.3 is 5.97 Å². The molecule has 5 heteroatoms. The number of ether oxygens (including phenoxy) is 1. The zero-order valence-corrected chi connectivity index (χ0v) is 16.8. The number of benzene rings is 3. The van der Waals surface area contributed by atoms with Crippen molar-refractivity contribution in [1.29, 1.82) is 0 Å². The van der Waals surface area contributed by atoms with Gasteiger partial charge in [0.2, 0.25) is 0 Å². The molecule has 0 atom stereocenters. The van der Waals surface area contributed by atoms with Crippen LogP contribution in [0.15, 0.2) is 66.7 Å². The van der Waals surface area contributed by atoms with E-state index in [0.717, 1.165) is 16.3 Å². The van der Waals surface area contributed by atoms with E-state index in [2.05, 4.69) is 0 Å². The topological polar surface area (TPSA) is 46.6 Å². The van der Waals surface area contributed by atoms with Crippen molar-refractivity contribution in [1.82, 2.24) is 4.90 Å². The minimum absolute atomic E-state index is 0.0239. The van der Waals surface area contributed by atoms with E-state index < -0.39 is 0 Å². The number of rotatable bonds is 4. The molecule has 0 unspecified atom stereocenters. The van der Waals surface area contributed by atoms with E-state index >= 15 is 0 Å². The monoisotopic (exact) mass is 407 g/mol. The lowest BCUT2D eigenvalue weighted by Gasteiger charge is -2.31. The van der Waals surface area contributed by atoms with Crippen LogP contribution in [0.25, 0.3) is 10.8 Å². The summed E-state index contributed by atoms with van der Waals surface area (Å²) in [5.74, 6) is -0.375. The third-order valence-electron chi connectivity index (χ3n) is 5.46. The lowest BCUT2D eigenvalue weighted by atomic mass is 9.96. The van der Waals surface area contributed by atoms with Crippen LogP contribution in [0.3, 0.4) is 0 Å². The van der Waals surface area contributed by atoms with Crippen molar-refractivity contribution in [3.63, 3.8) is 0 Å². The molecule has 0 bridgehead atoms. The highest BCUT2D eigenvalue weighted by Gasteiger charge is 2.28. The van der Waals surface area contributed by atoms with Crippen molar-refractivity contribution in [3.8, 4) is 0 Å². The van der Waals surface area contributed by atoms with Crippen LogP contribution in [-0.4, -0.2) is 29.9 Å². The highest BCUT2D eigenvalue weighted by Crippen LogP contribution is 2.23. The number of halogens is 1. The Bertz CT molecular complexity index is 1020. The van der Waals surface area contributed by atoms with Crippen LogP contribution in [0, 0.1) is 5.92 Å². The molecule has 3 aromatic carbocycles. The van der Waals surface area contributed by atoms with Crippen molar-refractivity contribution in [2.24, 2.45) is 5.92 Å². The maximum Gasteiger partial charge on any atom is 0.309 e. The fourth-order valence-corrected chi connectivity index (χ4v) is 3.90. The lowest BCUT2D eigenvalue weighted by Crippen LogP contribution is -2.40. The third kappa shape index (κ3) is 4.43. The first kappa shape index (κ1) is 19.5. The maximum absolute atomic E-state index is 12.6. The molecule has 1 heterocycles. The van der Waals surface area contributed by atoms with Gasteiger partial charge in [-0.2, -0.15) is 0 Å². The smallest absolute Gasteiger partial charge is 0.309 e. The van der Waals surface area contributed by atoms with E-state index in [-0.39, 0.29) is 24.4 Å². The van der Waals surface area contributed by atoms with Gasteiger partial charge in [0.1, 0.15) is 6.61 Å². The Kier molecular flexibility index (Phi) is 5.81. The van der Waals surface area contributed by atoms with Gasteiger partial charge in [-0.05, 0) is 53.4 Å². The Morgan fingerprint density at radius 3 is 2.38 bits per heavy atom. The fourth-order valence-electron chi connectivity index (χ4n) is 3.78. The number of piperidine rings is 1. The van der Waals surface area contributed by atoms with E-state index in [1.807, 2.05) is 42.5 Å². The summed E-state index contributed by atoms with van der Waals surface area (Å²) in [4.78, 5) is 26.9. The van der Waals surface area contributed by atoms with Crippen molar-refractivity contribution in [2.45, 2.75) is 19.4 Å². The van der Waals surface area contributed by atoms with Crippen LogP contribution in [0.2, 0.25) is 5.02 Å². The number of hydrogen-bond acceptors (Lipinski definition) is 3. The fraction of sp³-hybridized carbons (Fsp3) is 0.250. The molecule has 0 saturated carbocycles. The molecule has 0 aromatic heterocycles. The molecule has 0 N–H and O–H groups in total. The van der Waals surface area contributed by atoms with Crippen LogP contribution in [-0.2, 0) is 16.1 Å². The van der Waals surface area contributed by atoms with Gasteiger partial charge in [0.25, 0.3) is 5.91 Å². The molecular formula is C24H22ClNO3. The SMILES string of the molecule is O=C(OCc1cccc2ccccc12)C1CCN(C(=O)c2ccc(Cl)cc2)CC1. The predicted octanol–water partition coefficient (Wildman–Crippen LogP) is 5.09. The van der Waals surface area contributed by atoms with Crippen LogP contribution < -0.4 is 0 Å². The molecule has 0 radical (unpaired) electrons. The third-order valence-corrected chi connectivity index (χ3v) is 5.71. The molecule has 3 aromatic rings. The largest absolute Gasteiger partial charge is 0.461 e. The Morgan fingerprint density at radius 1 is 0.931 bits per heavy atom. The van der Waals surface area contributed by atoms with Gasteiger partial charge in [-0.1, -0.05) is 54.1 Å². The Balaban J connectivity index is 1.32. The first-order valence-corrected chi connectivity index (χ1v) is 10.2. The molecule has 1 saturated heterocycles. The van der Waals surface area contributed by atoms with Gasteiger partial charge in [0.05, 0.1) is 5.92 Å². The summed E-state index contributed by atoms with van der Waals surface area (Å²) in [6, 6.07) is 21.0. The van der Waals surface area contributed by atoms with E-state index in [1.165, 1.54) is 0 Å². The molecule has 0 spiro atoms. The molecule has 4 nitrogen and oxygen atoms in total. The number of carbonyl (C=O) groups excluding carboxylic acids is 2. The maximum atomic E-state index is 12.6. The predicted molar refractivity (Wildman–Crippen MR) is 114 cm³/mol. The molecular weight excluding hydrogens is 386 g/mol. The van der Waals surface area contributed by atoms with E-state index in [1.54, 1.807) is 29.2 Å². The summed E-state index contributed by atoms with van der Waals surface area (Å²) in [6.07, 6.45) is 1.24. The highest BCUT2D eigenvalue weighted by molar-refractivity contribution is 6.30. The average molecular weight is 408 g/mol. The standard InChI is InChI=1S/C24H22ClNO3/c25-21-10-8-18(9-11-21)23(27)26-14-12-19(13-15-26)24(28)29-16-20-6-3-5-17-4-1-2-7-22(17)20/h1-11,19H,12-16H2. The first-order chi connectivity index (χ1) is 14.1. The van der Waals surface area contributed by atoms with Crippen LogP contribution in [0.4, 0.5) is 0 Å². The van der Waals surface area contributed by atoms with Gasteiger partial charge in [-0.3, -0.25) is 9.59 Å². The summed E-state index contributed by atoms with van der Waals surface area (Å²) >= 11 is 5.89. The molecule has 1 fully saturated rings. The summed E-state index contributed by atoms with van der Waals surface area (Å²) in [7, 11) is 0. The van der Waals surface area contributed by atoms with Crippen LogP contribution in [0.1, 0.15) is 28.8 Å². The second-order valence-corrected chi connectivity index (χ2v) is 7.76. The highest BCUT2D eigenvalue weighted by atomic mass is 35.5.